The third-order valence-electron chi connectivity index (χ3n) is 5.32. The average Bonchev–Trinajstić information content (AvgIpc) is 2.84. The molecule has 0 saturated heterocycles. The second-order valence-corrected chi connectivity index (χ2v) is 7.52. The van der Waals surface area contributed by atoms with E-state index in [1.54, 1.807) is 13.1 Å². The van der Waals surface area contributed by atoms with Crippen LogP contribution in [0.1, 0.15) is 40.9 Å². The molecule has 3 aromatic rings. The molecule has 1 amide bonds. The summed E-state index contributed by atoms with van der Waals surface area (Å²) in [5, 5.41) is 6.07. The number of nitrogens with zero attached hydrogens (tertiary/aromatic N) is 1. The molecule has 33 heavy (non-hydrogen) atoms. The molecule has 0 aliphatic heterocycles. The van der Waals surface area contributed by atoms with Gasteiger partial charge in [-0.3, -0.25) is 10.1 Å². The Balaban J connectivity index is 1.86. The smallest absolute Gasteiger partial charge is 0.416 e. The molecule has 2 N–H and O–H groups in total. The van der Waals surface area contributed by atoms with Gasteiger partial charge in [0.05, 0.1) is 24.4 Å². The Kier molecular flexibility index (Phi) is 8.06. The highest BCUT2D eigenvalue weighted by Gasteiger charge is 2.30. The molecule has 0 bridgehead atoms. The SMILES string of the molecule is CNC(=O)[C@@H](N[C@@H](CCc1ccc(C(F)(F)F)cc1)c1cccc(OC)n1)c1ccccc1. The monoisotopic (exact) mass is 457 g/mol. The van der Waals surface area contributed by atoms with E-state index in [0.29, 0.717) is 24.4 Å². The minimum absolute atomic E-state index is 0.205. The zero-order valence-corrected chi connectivity index (χ0v) is 18.4. The molecule has 1 heterocycles. The van der Waals surface area contributed by atoms with E-state index in [9.17, 15) is 18.0 Å². The maximum Gasteiger partial charge on any atom is 0.416 e. The Morgan fingerprint density at radius 2 is 1.70 bits per heavy atom. The van der Waals surface area contributed by atoms with E-state index in [-0.39, 0.29) is 11.9 Å². The van der Waals surface area contributed by atoms with Gasteiger partial charge in [-0.1, -0.05) is 48.5 Å². The molecule has 0 saturated carbocycles. The Morgan fingerprint density at radius 3 is 2.30 bits per heavy atom. The number of likely N-dealkylation sites (N-methyl/N-ethyl adjacent to an activating group) is 1. The first kappa shape index (κ1) is 24.3. The molecule has 8 heteroatoms. The van der Waals surface area contributed by atoms with Gasteiger partial charge in [0.25, 0.3) is 0 Å². The van der Waals surface area contributed by atoms with Crippen LogP contribution in [0.5, 0.6) is 5.88 Å². The van der Waals surface area contributed by atoms with Crippen molar-refractivity contribution < 1.29 is 22.7 Å². The number of hydrogen-bond donors (Lipinski definition) is 2. The van der Waals surface area contributed by atoms with Crippen LogP contribution in [-0.4, -0.2) is 25.0 Å². The summed E-state index contributed by atoms with van der Waals surface area (Å²) in [6, 6.07) is 18.8. The quantitative estimate of drug-likeness (QED) is 0.482. The number of benzene rings is 2. The van der Waals surface area contributed by atoms with Crippen molar-refractivity contribution in [1.82, 2.24) is 15.6 Å². The number of carbonyl (C=O) groups excluding carboxylic acids is 1. The van der Waals surface area contributed by atoms with E-state index in [4.69, 9.17) is 4.74 Å². The molecular formula is C25H26F3N3O2. The normalized spacial score (nSPS) is 13.2. The first-order valence-corrected chi connectivity index (χ1v) is 10.5. The lowest BCUT2D eigenvalue weighted by molar-refractivity contribution is -0.137. The number of ether oxygens (including phenoxy) is 1. The first-order chi connectivity index (χ1) is 15.8. The number of alkyl halides is 3. The fraction of sp³-hybridized carbons (Fsp3) is 0.280. The number of rotatable bonds is 9. The molecule has 174 valence electrons. The lowest BCUT2D eigenvalue weighted by Gasteiger charge is -2.25. The largest absolute Gasteiger partial charge is 0.481 e. The first-order valence-electron chi connectivity index (χ1n) is 10.5. The number of nitrogens with one attached hydrogen (secondary N) is 2. The van der Waals surface area contributed by atoms with Crippen LogP contribution < -0.4 is 15.4 Å². The van der Waals surface area contributed by atoms with Crippen molar-refractivity contribution in [2.45, 2.75) is 31.1 Å². The minimum Gasteiger partial charge on any atom is -0.481 e. The molecule has 1 aromatic heterocycles. The van der Waals surface area contributed by atoms with Gasteiger partial charge >= 0.3 is 6.18 Å². The molecule has 0 aliphatic carbocycles. The molecule has 3 rings (SSSR count). The van der Waals surface area contributed by atoms with Gasteiger partial charge in [-0.05, 0) is 42.2 Å². The van der Waals surface area contributed by atoms with Crippen molar-refractivity contribution in [3.63, 3.8) is 0 Å². The fourth-order valence-corrected chi connectivity index (χ4v) is 3.54. The van der Waals surface area contributed by atoms with Crippen molar-refractivity contribution in [3.05, 3.63) is 95.2 Å². The summed E-state index contributed by atoms with van der Waals surface area (Å²) in [6.07, 6.45) is -3.38. The predicted molar refractivity (Wildman–Crippen MR) is 120 cm³/mol. The van der Waals surface area contributed by atoms with Crippen molar-refractivity contribution in [2.75, 3.05) is 14.2 Å². The summed E-state index contributed by atoms with van der Waals surface area (Å²) in [5.41, 5.74) is 1.54. The second-order valence-electron chi connectivity index (χ2n) is 7.52. The number of halogens is 3. The highest BCUT2D eigenvalue weighted by atomic mass is 19.4. The number of pyridine rings is 1. The molecule has 2 atom stereocenters. The Labute approximate surface area is 191 Å². The Morgan fingerprint density at radius 1 is 1.00 bits per heavy atom. The number of amides is 1. The molecular weight excluding hydrogens is 431 g/mol. The second kappa shape index (κ2) is 11.0. The molecule has 0 radical (unpaired) electrons. The van der Waals surface area contributed by atoms with Gasteiger partial charge in [0, 0.05) is 13.1 Å². The van der Waals surface area contributed by atoms with E-state index in [1.807, 2.05) is 42.5 Å². The lowest BCUT2D eigenvalue weighted by Crippen LogP contribution is -2.38. The zero-order chi connectivity index (χ0) is 23.8. The number of methoxy groups -OCH3 is 1. The van der Waals surface area contributed by atoms with E-state index >= 15 is 0 Å². The zero-order valence-electron chi connectivity index (χ0n) is 18.4. The number of aryl methyl sites for hydroxylation is 1. The summed E-state index contributed by atoms with van der Waals surface area (Å²) in [6.45, 7) is 0. The number of hydrogen-bond acceptors (Lipinski definition) is 4. The van der Waals surface area contributed by atoms with Crippen molar-refractivity contribution in [1.29, 1.82) is 0 Å². The van der Waals surface area contributed by atoms with Gasteiger partial charge in [-0.2, -0.15) is 13.2 Å². The Bertz CT molecular complexity index is 1040. The fourth-order valence-electron chi connectivity index (χ4n) is 3.54. The summed E-state index contributed by atoms with van der Waals surface area (Å²) >= 11 is 0. The van der Waals surface area contributed by atoms with E-state index in [1.165, 1.54) is 19.2 Å². The van der Waals surface area contributed by atoms with Crippen LogP contribution in [0.4, 0.5) is 13.2 Å². The molecule has 5 nitrogen and oxygen atoms in total. The van der Waals surface area contributed by atoms with E-state index < -0.39 is 17.8 Å². The van der Waals surface area contributed by atoms with Crippen LogP contribution in [0.2, 0.25) is 0 Å². The highest BCUT2D eigenvalue weighted by molar-refractivity contribution is 5.83. The third kappa shape index (κ3) is 6.55. The summed E-state index contributed by atoms with van der Waals surface area (Å²) in [5.74, 6) is 0.230. The van der Waals surface area contributed by atoms with Crippen LogP contribution in [0.15, 0.2) is 72.8 Å². The highest BCUT2D eigenvalue weighted by Crippen LogP contribution is 2.30. The molecule has 0 aliphatic rings. The van der Waals surface area contributed by atoms with Gasteiger partial charge in [0.2, 0.25) is 11.8 Å². The number of carbonyl (C=O) groups is 1. The summed E-state index contributed by atoms with van der Waals surface area (Å²) in [7, 11) is 3.09. The van der Waals surface area contributed by atoms with Gasteiger partial charge in [-0.15, -0.1) is 0 Å². The Hall–Kier alpha value is -3.39. The summed E-state index contributed by atoms with van der Waals surface area (Å²) in [4.78, 5) is 17.2. The standard InChI is InChI=1S/C25H26F3N3O2/c1-29-24(32)23(18-7-4-3-5-8-18)31-21(20-9-6-10-22(30-20)33-2)16-13-17-11-14-19(15-12-17)25(26,27)28/h3-12,14-15,21,23,31H,13,16H2,1-2H3,(H,29,32)/t21-,23-/m0/s1. The topological polar surface area (TPSA) is 63.2 Å². The predicted octanol–water partition coefficient (Wildman–Crippen LogP) is 4.86. The molecule has 0 fully saturated rings. The summed E-state index contributed by atoms with van der Waals surface area (Å²) < 4.78 is 43.9. The van der Waals surface area contributed by atoms with Gasteiger partial charge in [0.1, 0.15) is 6.04 Å². The average molecular weight is 457 g/mol. The van der Waals surface area contributed by atoms with Crippen LogP contribution in [0.3, 0.4) is 0 Å². The maximum atomic E-state index is 12.9. The van der Waals surface area contributed by atoms with Gasteiger partial charge < -0.3 is 10.1 Å². The van der Waals surface area contributed by atoms with Crippen molar-refractivity contribution in [2.24, 2.45) is 0 Å². The van der Waals surface area contributed by atoms with E-state index in [0.717, 1.165) is 23.3 Å². The molecule has 0 spiro atoms. The van der Waals surface area contributed by atoms with Crippen LogP contribution in [-0.2, 0) is 17.4 Å². The van der Waals surface area contributed by atoms with Gasteiger partial charge in [0.15, 0.2) is 0 Å². The minimum atomic E-state index is -4.37. The molecule has 0 unspecified atom stereocenters. The van der Waals surface area contributed by atoms with Crippen LogP contribution in [0.25, 0.3) is 0 Å². The third-order valence-corrected chi connectivity index (χ3v) is 5.32. The number of aromatic nitrogens is 1. The molecule has 2 aromatic carbocycles. The van der Waals surface area contributed by atoms with Crippen LogP contribution in [0, 0.1) is 0 Å². The van der Waals surface area contributed by atoms with E-state index in [2.05, 4.69) is 15.6 Å². The van der Waals surface area contributed by atoms with Crippen molar-refractivity contribution >= 4 is 5.91 Å². The van der Waals surface area contributed by atoms with Crippen LogP contribution >= 0.6 is 0 Å². The lowest BCUT2D eigenvalue weighted by atomic mass is 9.98. The maximum absolute atomic E-state index is 12.9. The van der Waals surface area contributed by atoms with Crippen molar-refractivity contribution in [3.8, 4) is 5.88 Å². The van der Waals surface area contributed by atoms with Gasteiger partial charge in [-0.25, -0.2) is 4.98 Å².